The summed E-state index contributed by atoms with van der Waals surface area (Å²) in [6.07, 6.45) is 0.293. The molecule has 11 heteroatoms. The van der Waals surface area contributed by atoms with Crippen LogP contribution >= 0.6 is 0 Å². The Labute approximate surface area is 204 Å². The molecule has 4 atom stereocenters. The number of pyridine rings is 1. The van der Waals surface area contributed by atoms with Gasteiger partial charge in [-0.3, -0.25) is 9.78 Å². The first kappa shape index (κ1) is 27.8. The molecule has 0 radical (unpaired) electrons. The van der Waals surface area contributed by atoms with Crippen LogP contribution in [0.1, 0.15) is 42.5 Å². The smallest absolute Gasteiger partial charge is 0.383 e. The molecule has 4 rings (SSSR count). The molecule has 1 saturated heterocycles. The Morgan fingerprint density at radius 3 is 2.77 bits per heavy atom. The van der Waals surface area contributed by atoms with Crippen LogP contribution < -0.4 is 11.1 Å². The van der Waals surface area contributed by atoms with Crippen LogP contribution in [-0.4, -0.2) is 81.1 Å². The number of alkyl halides is 3. The van der Waals surface area contributed by atoms with Gasteiger partial charge in [-0.25, -0.2) is 0 Å². The zero-order valence-electron chi connectivity index (χ0n) is 20.5. The van der Waals surface area contributed by atoms with Gasteiger partial charge in [-0.05, 0) is 37.3 Å². The number of nitrogens with zero attached hydrogens (tertiary/aromatic N) is 2. The van der Waals surface area contributed by atoms with Crippen LogP contribution in [0.5, 0.6) is 0 Å². The van der Waals surface area contributed by atoms with E-state index in [1.54, 1.807) is 19.1 Å². The van der Waals surface area contributed by atoms with Gasteiger partial charge in [0.1, 0.15) is 0 Å². The van der Waals surface area contributed by atoms with Crippen LogP contribution in [0.25, 0.3) is 0 Å². The number of carbonyl (C=O) groups excluding carboxylic acids is 1. The van der Waals surface area contributed by atoms with Crippen molar-refractivity contribution in [3.8, 4) is 0 Å². The number of aromatic nitrogens is 1. The fourth-order valence-corrected chi connectivity index (χ4v) is 4.94. The summed E-state index contributed by atoms with van der Waals surface area (Å²) in [5, 5.41) is 3.64. The highest BCUT2D eigenvalue weighted by Crippen LogP contribution is 2.33. The number of amides is 1. The summed E-state index contributed by atoms with van der Waals surface area (Å²) in [6, 6.07) is 1.60. The Morgan fingerprint density at radius 2 is 2.11 bits per heavy atom. The minimum absolute atomic E-state index is 0.0161. The first-order valence-electron chi connectivity index (χ1n) is 12.2. The Balaban J connectivity index is 0.000000623. The number of rotatable bonds is 6. The lowest BCUT2D eigenvalue weighted by Crippen LogP contribution is -2.50. The van der Waals surface area contributed by atoms with Gasteiger partial charge in [-0.15, -0.1) is 0 Å². The van der Waals surface area contributed by atoms with Crippen molar-refractivity contribution in [2.75, 3.05) is 47.1 Å². The molecule has 0 aromatic carbocycles. The van der Waals surface area contributed by atoms with E-state index in [2.05, 4.69) is 15.0 Å². The second-order valence-electron chi connectivity index (χ2n) is 9.24. The van der Waals surface area contributed by atoms with Crippen LogP contribution in [0.2, 0.25) is 0 Å². The minimum atomic E-state index is -4.43. The largest absolute Gasteiger partial charge is 0.417 e. The highest BCUT2D eigenvalue weighted by molar-refractivity contribution is 5.79. The van der Waals surface area contributed by atoms with Crippen molar-refractivity contribution in [1.29, 1.82) is 0 Å². The number of ether oxygens (including phenoxy) is 3. The number of halogens is 3. The van der Waals surface area contributed by atoms with Gasteiger partial charge in [0.15, 0.2) is 0 Å². The molecule has 1 saturated carbocycles. The van der Waals surface area contributed by atoms with E-state index in [0.29, 0.717) is 50.6 Å². The number of methoxy groups -OCH3 is 2. The van der Waals surface area contributed by atoms with Gasteiger partial charge < -0.3 is 30.2 Å². The summed E-state index contributed by atoms with van der Waals surface area (Å²) in [4.78, 5) is 18.7. The maximum atomic E-state index is 13.1. The molecule has 3 heterocycles. The van der Waals surface area contributed by atoms with Gasteiger partial charge in [0, 0.05) is 76.8 Å². The third kappa shape index (κ3) is 7.60. The number of carbonyl (C=O) groups is 1. The van der Waals surface area contributed by atoms with E-state index in [1.807, 2.05) is 0 Å². The first-order chi connectivity index (χ1) is 16.8. The molecule has 0 bridgehead atoms. The molecule has 0 spiro atoms. The molecule has 8 nitrogen and oxygen atoms in total. The van der Waals surface area contributed by atoms with E-state index < -0.39 is 11.7 Å². The number of hydrogen-bond acceptors (Lipinski definition) is 7. The monoisotopic (exact) mass is 502 g/mol. The van der Waals surface area contributed by atoms with Crippen LogP contribution in [0.15, 0.2) is 12.3 Å². The lowest BCUT2D eigenvalue weighted by Gasteiger charge is -2.33. The fourth-order valence-electron chi connectivity index (χ4n) is 4.94. The topological polar surface area (TPSA) is 98.9 Å². The maximum absolute atomic E-state index is 13.1. The van der Waals surface area contributed by atoms with Crippen molar-refractivity contribution in [1.82, 2.24) is 15.2 Å². The van der Waals surface area contributed by atoms with E-state index >= 15 is 0 Å². The summed E-state index contributed by atoms with van der Waals surface area (Å²) in [7, 11) is 3.31. The molecule has 198 valence electrons. The van der Waals surface area contributed by atoms with Crippen molar-refractivity contribution in [2.24, 2.45) is 11.7 Å². The van der Waals surface area contributed by atoms with Crippen LogP contribution in [0, 0.1) is 5.92 Å². The SMILES string of the molecule is COC1COCCC1NC1CCC(C(=O)N2CCc3ncc(C(F)(F)F)cc3C2)C1.COCCN. The zero-order valence-corrected chi connectivity index (χ0v) is 20.5. The van der Waals surface area contributed by atoms with Crippen LogP contribution in [-0.2, 0) is 38.1 Å². The number of fused-ring (bicyclic) bond motifs is 1. The molecule has 3 N–H and O–H groups in total. The normalized spacial score (nSPS) is 26.6. The van der Waals surface area contributed by atoms with E-state index in [9.17, 15) is 18.0 Å². The summed E-state index contributed by atoms with van der Waals surface area (Å²) in [5.74, 6) is -0.0544. The Morgan fingerprint density at radius 1 is 1.31 bits per heavy atom. The van der Waals surface area contributed by atoms with Crippen molar-refractivity contribution >= 4 is 5.91 Å². The van der Waals surface area contributed by atoms with Crippen molar-refractivity contribution in [3.63, 3.8) is 0 Å². The Kier molecular flexibility index (Phi) is 10.3. The zero-order chi connectivity index (χ0) is 25.4. The molecule has 3 aliphatic rings. The lowest BCUT2D eigenvalue weighted by molar-refractivity contribution is -0.137. The lowest BCUT2D eigenvalue weighted by atomic mass is 10.00. The molecule has 2 aliphatic heterocycles. The highest BCUT2D eigenvalue weighted by atomic mass is 19.4. The van der Waals surface area contributed by atoms with Crippen molar-refractivity contribution in [2.45, 2.75) is 63.0 Å². The van der Waals surface area contributed by atoms with E-state index in [-0.39, 0.29) is 36.6 Å². The number of hydrogen-bond donors (Lipinski definition) is 2. The van der Waals surface area contributed by atoms with Gasteiger partial charge in [0.2, 0.25) is 5.91 Å². The third-order valence-corrected chi connectivity index (χ3v) is 6.84. The minimum Gasteiger partial charge on any atom is -0.383 e. The average molecular weight is 503 g/mol. The molecule has 1 aromatic heterocycles. The van der Waals surface area contributed by atoms with E-state index in [1.165, 1.54) is 0 Å². The summed E-state index contributed by atoms with van der Waals surface area (Å²) >= 11 is 0. The standard InChI is InChI=1S/C21H28F3N3O3.C3H9NO/c1-29-19-12-30-7-5-18(19)26-16-3-2-13(9-16)20(28)27-6-4-17-14(11-27)8-15(10-25-17)21(22,23)24;1-5-3-2-4/h8,10,13,16,18-19,26H,2-7,9,11-12H2,1H3;2-4H2,1H3. The summed E-state index contributed by atoms with van der Waals surface area (Å²) in [6.45, 7) is 3.27. The molecule has 2 fully saturated rings. The molecule has 1 aromatic rings. The summed E-state index contributed by atoms with van der Waals surface area (Å²) in [5.41, 5.74) is 5.41. The maximum Gasteiger partial charge on any atom is 0.417 e. The molecular formula is C24H37F3N4O4. The summed E-state index contributed by atoms with van der Waals surface area (Å²) < 4.78 is 54.5. The molecule has 4 unspecified atom stereocenters. The second-order valence-corrected chi connectivity index (χ2v) is 9.24. The highest BCUT2D eigenvalue weighted by Gasteiger charge is 2.37. The third-order valence-electron chi connectivity index (χ3n) is 6.84. The number of nitrogens with two attached hydrogens (primary N) is 1. The molecular weight excluding hydrogens is 465 g/mol. The Bertz CT molecular complexity index is 824. The molecule has 35 heavy (non-hydrogen) atoms. The van der Waals surface area contributed by atoms with E-state index in [4.69, 9.17) is 15.2 Å². The van der Waals surface area contributed by atoms with Crippen LogP contribution in [0.4, 0.5) is 13.2 Å². The van der Waals surface area contributed by atoms with E-state index in [0.717, 1.165) is 37.9 Å². The molecule has 1 aliphatic carbocycles. The predicted molar refractivity (Wildman–Crippen MR) is 124 cm³/mol. The van der Waals surface area contributed by atoms with Crippen molar-refractivity contribution < 1.29 is 32.2 Å². The van der Waals surface area contributed by atoms with Crippen LogP contribution in [0.3, 0.4) is 0 Å². The Hall–Kier alpha value is -1.79. The number of nitrogens with one attached hydrogen (secondary N) is 1. The quantitative estimate of drug-likeness (QED) is 0.615. The van der Waals surface area contributed by atoms with Gasteiger partial charge >= 0.3 is 6.18 Å². The second kappa shape index (κ2) is 13.0. The van der Waals surface area contributed by atoms with Gasteiger partial charge in [0.05, 0.1) is 24.9 Å². The van der Waals surface area contributed by atoms with Gasteiger partial charge in [0.25, 0.3) is 0 Å². The first-order valence-corrected chi connectivity index (χ1v) is 12.2. The van der Waals surface area contributed by atoms with Crippen molar-refractivity contribution in [3.05, 3.63) is 29.1 Å². The average Bonchev–Trinajstić information content (AvgIpc) is 3.32. The van der Waals surface area contributed by atoms with Gasteiger partial charge in [-0.1, -0.05) is 0 Å². The fraction of sp³-hybridized carbons (Fsp3) is 0.750. The predicted octanol–water partition coefficient (Wildman–Crippen LogP) is 2.14. The van der Waals surface area contributed by atoms with Gasteiger partial charge in [-0.2, -0.15) is 13.2 Å². The molecule has 1 amide bonds.